The summed E-state index contributed by atoms with van der Waals surface area (Å²) in [7, 11) is -3.44. The average molecular weight is 464 g/mol. The number of carbonyl (C=O) groups is 1. The van der Waals surface area contributed by atoms with Crippen LogP contribution in [0.3, 0.4) is 0 Å². The van der Waals surface area contributed by atoms with Gasteiger partial charge >= 0.3 is 0 Å². The number of hydrogen-bond acceptors (Lipinski definition) is 6. The number of ether oxygens (including phenoxy) is 2. The van der Waals surface area contributed by atoms with E-state index in [2.05, 4.69) is 4.90 Å². The van der Waals surface area contributed by atoms with Gasteiger partial charge in [0.1, 0.15) is 0 Å². The van der Waals surface area contributed by atoms with Crippen LogP contribution in [-0.4, -0.2) is 82.3 Å². The van der Waals surface area contributed by atoms with Gasteiger partial charge in [-0.15, -0.1) is 0 Å². The molecule has 0 aliphatic carbocycles. The van der Waals surface area contributed by atoms with Crippen molar-refractivity contribution in [3.63, 3.8) is 0 Å². The Labute approximate surface area is 190 Å². The predicted molar refractivity (Wildman–Crippen MR) is 120 cm³/mol. The molecular weight excluding hydrogens is 430 g/mol. The first-order valence-electron chi connectivity index (χ1n) is 11.9. The number of rotatable bonds is 5. The first-order valence-corrected chi connectivity index (χ1v) is 13.4. The molecule has 1 aromatic rings. The third kappa shape index (κ3) is 4.46. The van der Waals surface area contributed by atoms with E-state index in [1.54, 1.807) is 16.4 Å². The van der Waals surface area contributed by atoms with Crippen LogP contribution in [0.5, 0.6) is 0 Å². The Morgan fingerprint density at radius 2 is 1.69 bits per heavy atom. The Morgan fingerprint density at radius 3 is 2.41 bits per heavy atom. The normalized spacial score (nSPS) is 24.2. The summed E-state index contributed by atoms with van der Waals surface area (Å²) in [5.74, 6) is 0.503. The molecular formula is C23H33N3O5S. The van der Waals surface area contributed by atoms with Gasteiger partial charge in [0.15, 0.2) is 6.29 Å². The highest BCUT2D eigenvalue weighted by atomic mass is 32.2. The first kappa shape index (κ1) is 22.3. The minimum Gasteiger partial charge on any atom is -0.350 e. The number of benzene rings is 1. The number of fused-ring (bicyclic) bond motifs is 1. The summed E-state index contributed by atoms with van der Waals surface area (Å²) in [6.07, 6.45) is 5.38. The van der Waals surface area contributed by atoms with Gasteiger partial charge in [0, 0.05) is 31.2 Å². The number of likely N-dealkylation sites (tertiary alicyclic amines) is 1. The van der Waals surface area contributed by atoms with E-state index in [-0.39, 0.29) is 12.2 Å². The summed E-state index contributed by atoms with van der Waals surface area (Å²) >= 11 is 0. The van der Waals surface area contributed by atoms with Crippen molar-refractivity contribution in [2.45, 2.75) is 49.7 Å². The Hall–Kier alpha value is -1.52. The van der Waals surface area contributed by atoms with Crippen LogP contribution in [0.15, 0.2) is 23.1 Å². The van der Waals surface area contributed by atoms with E-state index in [0.29, 0.717) is 50.2 Å². The van der Waals surface area contributed by atoms with Gasteiger partial charge in [0.05, 0.1) is 24.7 Å². The second-order valence-electron chi connectivity index (χ2n) is 9.27. The largest absolute Gasteiger partial charge is 0.350 e. The zero-order valence-corrected chi connectivity index (χ0v) is 19.4. The molecule has 176 valence electrons. The van der Waals surface area contributed by atoms with E-state index in [9.17, 15) is 13.2 Å². The molecule has 1 amide bonds. The van der Waals surface area contributed by atoms with E-state index in [4.69, 9.17) is 9.47 Å². The lowest BCUT2D eigenvalue weighted by Crippen LogP contribution is -2.46. The first-order chi connectivity index (χ1) is 15.5. The number of nitrogens with zero attached hydrogens (tertiary/aromatic N) is 3. The number of amides is 1. The average Bonchev–Trinajstić information content (AvgIpc) is 3.53. The molecule has 0 radical (unpaired) electrons. The minimum atomic E-state index is -3.44. The molecule has 3 saturated heterocycles. The number of aryl methyl sites for hydroxylation is 1. The lowest BCUT2D eigenvalue weighted by Gasteiger charge is -2.36. The predicted octanol–water partition coefficient (Wildman–Crippen LogP) is 1.84. The monoisotopic (exact) mass is 463 g/mol. The van der Waals surface area contributed by atoms with Crippen molar-refractivity contribution in [2.24, 2.45) is 5.92 Å². The molecule has 0 spiro atoms. The van der Waals surface area contributed by atoms with Gasteiger partial charge in [-0.05, 0) is 75.4 Å². The molecule has 1 aromatic carbocycles. The van der Waals surface area contributed by atoms with Gasteiger partial charge in [0.2, 0.25) is 15.9 Å². The zero-order valence-electron chi connectivity index (χ0n) is 18.6. The van der Waals surface area contributed by atoms with Crippen LogP contribution in [0, 0.1) is 5.92 Å². The van der Waals surface area contributed by atoms with E-state index in [0.717, 1.165) is 62.9 Å². The van der Waals surface area contributed by atoms with E-state index >= 15 is 0 Å². The topological polar surface area (TPSA) is 79.4 Å². The van der Waals surface area contributed by atoms with Gasteiger partial charge in [0.25, 0.3) is 0 Å². The van der Waals surface area contributed by atoms with E-state index < -0.39 is 10.0 Å². The highest BCUT2D eigenvalue weighted by Crippen LogP contribution is 2.32. The van der Waals surface area contributed by atoms with Crippen LogP contribution in [0.1, 0.15) is 37.7 Å². The number of piperidine rings is 1. The molecule has 0 saturated carbocycles. The van der Waals surface area contributed by atoms with Crippen molar-refractivity contribution in [3.8, 4) is 0 Å². The Bertz CT molecular complexity index is 933. The summed E-state index contributed by atoms with van der Waals surface area (Å²) in [5, 5.41) is 0. The quantitative estimate of drug-likeness (QED) is 0.663. The molecule has 0 unspecified atom stereocenters. The van der Waals surface area contributed by atoms with Crippen LogP contribution < -0.4 is 4.90 Å². The van der Waals surface area contributed by atoms with Crippen LogP contribution in [0.25, 0.3) is 0 Å². The second kappa shape index (κ2) is 9.38. The lowest BCUT2D eigenvalue weighted by atomic mass is 9.96. The maximum Gasteiger partial charge on any atom is 0.243 e. The van der Waals surface area contributed by atoms with Gasteiger partial charge in [-0.3, -0.25) is 9.69 Å². The van der Waals surface area contributed by atoms with Gasteiger partial charge in [-0.2, -0.15) is 4.31 Å². The fourth-order valence-electron chi connectivity index (χ4n) is 5.38. The Kier molecular flexibility index (Phi) is 6.53. The summed E-state index contributed by atoms with van der Waals surface area (Å²) in [6, 6.07) is 5.29. The van der Waals surface area contributed by atoms with E-state index in [1.165, 1.54) is 0 Å². The molecule has 0 atom stereocenters. The van der Waals surface area contributed by atoms with Crippen molar-refractivity contribution in [2.75, 3.05) is 57.4 Å². The van der Waals surface area contributed by atoms with Crippen LogP contribution in [0.2, 0.25) is 0 Å². The number of carbonyl (C=O) groups excluding carboxylic acids is 1. The fourth-order valence-corrected chi connectivity index (χ4v) is 6.95. The van der Waals surface area contributed by atoms with Crippen molar-refractivity contribution in [3.05, 3.63) is 23.8 Å². The maximum atomic E-state index is 13.2. The van der Waals surface area contributed by atoms with Crippen molar-refractivity contribution >= 4 is 21.6 Å². The molecule has 0 bridgehead atoms. The van der Waals surface area contributed by atoms with Gasteiger partial charge < -0.3 is 14.4 Å². The number of anilines is 1. The molecule has 0 N–H and O–H groups in total. The highest BCUT2D eigenvalue weighted by molar-refractivity contribution is 7.89. The molecule has 4 aliphatic rings. The van der Waals surface area contributed by atoms with Crippen LogP contribution >= 0.6 is 0 Å². The summed E-state index contributed by atoms with van der Waals surface area (Å²) in [6.45, 7) is 5.37. The van der Waals surface area contributed by atoms with Crippen LogP contribution in [-0.2, 0) is 30.7 Å². The third-order valence-electron chi connectivity index (χ3n) is 7.20. The van der Waals surface area contributed by atoms with Crippen molar-refractivity contribution in [1.29, 1.82) is 0 Å². The lowest BCUT2D eigenvalue weighted by molar-refractivity contribution is -0.121. The molecule has 9 heteroatoms. The zero-order chi connectivity index (χ0) is 22.1. The highest BCUT2D eigenvalue weighted by Gasteiger charge is 2.33. The molecule has 5 rings (SSSR count). The van der Waals surface area contributed by atoms with Gasteiger partial charge in [-0.1, -0.05) is 0 Å². The molecule has 4 aliphatic heterocycles. The Balaban J connectivity index is 1.23. The molecule has 4 heterocycles. The maximum absolute atomic E-state index is 13.2. The van der Waals surface area contributed by atoms with Crippen molar-refractivity contribution < 1.29 is 22.7 Å². The standard InChI is InChI=1S/C23H33N3O5S/c27-22(17-24-12-7-18(8-13-24)23-30-14-15-31-23)26-11-3-4-19-16-20(5-6-21(19)26)32(28,29)25-9-1-2-10-25/h5-6,16,18,23H,1-4,7-15,17H2. The molecule has 32 heavy (non-hydrogen) atoms. The SMILES string of the molecule is O=C(CN1CCC(C2OCCO2)CC1)N1CCCc2cc(S(=O)(=O)N3CCCC3)ccc21. The van der Waals surface area contributed by atoms with Gasteiger partial charge in [-0.25, -0.2) is 8.42 Å². The third-order valence-corrected chi connectivity index (χ3v) is 9.09. The fraction of sp³-hybridized carbons (Fsp3) is 0.696. The smallest absolute Gasteiger partial charge is 0.243 e. The minimum absolute atomic E-state index is 0.0761. The molecule has 8 nitrogen and oxygen atoms in total. The molecule has 3 fully saturated rings. The number of hydrogen-bond donors (Lipinski definition) is 0. The molecule has 0 aromatic heterocycles. The van der Waals surface area contributed by atoms with Crippen LogP contribution in [0.4, 0.5) is 5.69 Å². The second-order valence-corrected chi connectivity index (χ2v) is 11.2. The summed E-state index contributed by atoms with van der Waals surface area (Å²) < 4.78 is 38.8. The summed E-state index contributed by atoms with van der Waals surface area (Å²) in [4.78, 5) is 17.6. The van der Waals surface area contributed by atoms with Crippen molar-refractivity contribution in [1.82, 2.24) is 9.21 Å². The Morgan fingerprint density at radius 1 is 0.969 bits per heavy atom. The summed E-state index contributed by atoms with van der Waals surface area (Å²) in [5.41, 5.74) is 1.82. The van der Waals surface area contributed by atoms with E-state index in [1.807, 2.05) is 11.0 Å². The number of sulfonamides is 1.